The molecule has 7 heteroatoms. The van der Waals surface area contributed by atoms with Crippen LogP contribution in [-0.2, 0) is 29.1 Å². The largest absolute Gasteiger partial charge is 0.348 e. The normalized spacial score (nSPS) is 15.2. The molecule has 6 nitrogen and oxygen atoms in total. The highest BCUT2D eigenvalue weighted by Gasteiger charge is 2.34. The number of hydrogen-bond donors (Lipinski definition) is 1. The molecule has 1 unspecified atom stereocenters. The van der Waals surface area contributed by atoms with Gasteiger partial charge in [-0.15, -0.1) is 0 Å². The maximum Gasteiger partial charge on any atom is 0.272 e. The minimum absolute atomic E-state index is 0.0622. The van der Waals surface area contributed by atoms with Crippen LogP contribution in [0.5, 0.6) is 0 Å². The fraction of sp³-hybridized carbons (Fsp3) is 0.273. The number of carbonyl (C=O) groups excluding carboxylic acids is 1. The first-order chi connectivity index (χ1) is 13.9. The van der Waals surface area contributed by atoms with Gasteiger partial charge in [-0.05, 0) is 31.4 Å². The van der Waals surface area contributed by atoms with Crippen molar-refractivity contribution in [2.45, 2.75) is 36.5 Å². The average molecular weight is 410 g/mol. The van der Waals surface area contributed by atoms with Gasteiger partial charge < -0.3 is 5.32 Å². The number of amides is 1. The zero-order valence-corrected chi connectivity index (χ0v) is 17.2. The van der Waals surface area contributed by atoms with E-state index in [4.69, 9.17) is 0 Å². The lowest BCUT2D eigenvalue weighted by atomic mass is 10.0. The summed E-state index contributed by atoms with van der Waals surface area (Å²) in [6.07, 6.45) is 1.64. The van der Waals surface area contributed by atoms with Gasteiger partial charge in [-0.1, -0.05) is 48.5 Å². The van der Waals surface area contributed by atoms with Gasteiger partial charge in [0, 0.05) is 24.2 Å². The van der Waals surface area contributed by atoms with Crippen LogP contribution in [0.25, 0.3) is 11.3 Å². The van der Waals surface area contributed by atoms with Crippen molar-refractivity contribution >= 4 is 15.7 Å². The third kappa shape index (κ3) is 3.70. The molecule has 2 heterocycles. The Kier molecular flexibility index (Phi) is 5.00. The lowest BCUT2D eigenvalue weighted by Crippen LogP contribution is -2.34. The summed E-state index contributed by atoms with van der Waals surface area (Å²) >= 11 is 0. The molecule has 1 N–H and O–H groups in total. The molecule has 1 aliphatic heterocycles. The van der Waals surface area contributed by atoms with E-state index in [0.717, 1.165) is 12.8 Å². The summed E-state index contributed by atoms with van der Waals surface area (Å²) in [5.74, 6) is -0.550. The van der Waals surface area contributed by atoms with Crippen LogP contribution in [0.15, 0.2) is 59.5 Å². The molecular weight excluding hydrogens is 386 g/mol. The minimum Gasteiger partial charge on any atom is -0.348 e. The monoisotopic (exact) mass is 409 g/mol. The van der Waals surface area contributed by atoms with E-state index in [1.54, 1.807) is 36.0 Å². The smallest absolute Gasteiger partial charge is 0.272 e. The molecular formula is C22H23N3O3S. The second-order valence-corrected chi connectivity index (χ2v) is 9.41. The number of benzene rings is 2. The van der Waals surface area contributed by atoms with E-state index in [9.17, 15) is 13.2 Å². The maximum atomic E-state index is 12.9. The first kappa shape index (κ1) is 19.4. The van der Waals surface area contributed by atoms with Crippen LogP contribution in [0.4, 0.5) is 0 Å². The third-order valence-corrected chi connectivity index (χ3v) is 6.95. The topological polar surface area (TPSA) is 81.1 Å². The SMILES string of the molecule is CC(CCc1ccccc1)NC(=O)c1nn(C)c2c1CS(=O)(=O)c1ccccc1-2. The Morgan fingerprint density at radius 2 is 1.83 bits per heavy atom. The summed E-state index contributed by atoms with van der Waals surface area (Å²) in [6, 6.07) is 16.9. The number of aryl methyl sites for hydroxylation is 2. The summed E-state index contributed by atoms with van der Waals surface area (Å²) in [5, 5.41) is 7.34. The van der Waals surface area contributed by atoms with Crippen LogP contribution in [0.2, 0.25) is 0 Å². The van der Waals surface area contributed by atoms with E-state index in [0.29, 0.717) is 21.7 Å². The Morgan fingerprint density at radius 3 is 2.59 bits per heavy atom. The predicted octanol–water partition coefficient (Wildman–Crippen LogP) is 3.13. The molecule has 0 radical (unpaired) electrons. The molecule has 1 aromatic heterocycles. The minimum atomic E-state index is -3.51. The first-order valence-electron chi connectivity index (χ1n) is 9.59. The third-order valence-electron chi connectivity index (χ3n) is 5.26. The molecule has 0 saturated heterocycles. The summed E-state index contributed by atoms with van der Waals surface area (Å²) in [4.78, 5) is 13.2. The van der Waals surface area contributed by atoms with Gasteiger partial charge in [0.25, 0.3) is 5.91 Å². The molecule has 150 valence electrons. The van der Waals surface area contributed by atoms with E-state index < -0.39 is 9.84 Å². The Morgan fingerprint density at radius 1 is 1.14 bits per heavy atom. The highest BCUT2D eigenvalue weighted by molar-refractivity contribution is 7.90. The summed E-state index contributed by atoms with van der Waals surface area (Å²) in [6.45, 7) is 1.95. The standard InChI is InChI=1S/C22H23N3O3S/c1-15(12-13-16-8-4-3-5-9-16)23-22(26)20-18-14-29(27,28)19-11-7-6-10-17(19)21(18)25(2)24-20/h3-11,15H,12-14H2,1-2H3,(H,23,26). The molecule has 3 aromatic rings. The lowest BCUT2D eigenvalue weighted by molar-refractivity contribution is 0.0932. The molecule has 29 heavy (non-hydrogen) atoms. The zero-order chi connectivity index (χ0) is 20.6. The summed E-state index contributed by atoms with van der Waals surface area (Å²) in [7, 11) is -1.77. The van der Waals surface area contributed by atoms with Gasteiger partial charge in [-0.2, -0.15) is 5.10 Å². The number of carbonyl (C=O) groups is 1. The highest BCUT2D eigenvalue weighted by atomic mass is 32.2. The van der Waals surface area contributed by atoms with Crippen molar-refractivity contribution in [1.29, 1.82) is 0 Å². The van der Waals surface area contributed by atoms with Crippen molar-refractivity contribution in [3.63, 3.8) is 0 Å². The highest BCUT2D eigenvalue weighted by Crippen LogP contribution is 2.38. The van der Waals surface area contributed by atoms with Crippen LogP contribution < -0.4 is 5.32 Å². The fourth-order valence-corrected chi connectivity index (χ4v) is 5.41. The molecule has 1 atom stereocenters. The molecule has 1 aliphatic rings. The number of hydrogen-bond acceptors (Lipinski definition) is 4. The molecule has 0 fully saturated rings. The van der Waals surface area contributed by atoms with E-state index in [-0.39, 0.29) is 23.4 Å². The second-order valence-electron chi connectivity index (χ2n) is 7.45. The van der Waals surface area contributed by atoms with Crippen molar-refractivity contribution in [2.24, 2.45) is 7.05 Å². The molecule has 0 saturated carbocycles. The number of nitrogens with one attached hydrogen (secondary N) is 1. The molecule has 0 spiro atoms. The van der Waals surface area contributed by atoms with Gasteiger partial charge in [-0.25, -0.2) is 8.42 Å². The van der Waals surface area contributed by atoms with Gasteiger partial charge in [0.15, 0.2) is 15.5 Å². The summed E-state index contributed by atoms with van der Waals surface area (Å²) < 4.78 is 27.1. The van der Waals surface area contributed by atoms with Crippen molar-refractivity contribution in [1.82, 2.24) is 15.1 Å². The number of fused-ring (bicyclic) bond motifs is 3. The Labute approximate surface area is 170 Å². The molecule has 0 aliphatic carbocycles. The van der Waals surface area contributed by atoms with Gasteiger partial charge in [0.1, 0.15) is 0 Å². The van der Waals surface area contributed by atoms with E-state index in [1.807, 2.05) is 25.1 Å². The van der Waals surface area contributed by atoms with Crippen LogP contribution in [0, 0.1) is 0 Å². The van der Waals surface area contributed by atoms with Crippen molar-refractivity contribution in [3.8, 4) is 11.3 Å². The Balaban J connectivity index is 1.57. The number of nitrogens with zero attached hydrogens (tertiary/aromatic N) is 2. The predicted molar refractivity (Wildman–Crippen MR) is 111 cm³/mol. The van der Waals surface area contributed by atoms with Crippen molar-refractivity contribution < 1.29 is 13.2 Å². The van der Waals surface area contributed by atoms with Gasteiger partial charge in [-0.3, -0.25) is 9.48 Å². The van der Waals surface area contributed by atoms with Crippen LogP contribution in [0.1, 0.15) is 35.0 Å². The van der Waals surface area contributed by atoms with Crippen molar-refractivity contribution in [3.05, 3.63) is 71.4 Å². The molecule has 4 rings (SSSR count). The summed E-state index contributed by atoms with van der Waals surface area (Å²) in [5.41, 5.74) is 3.16. The van der Waals surface area contributed by atoms with E-state index in [1.165, 1.54) is 5.56 Å². The quantitative estimate of drug-likeness (QED) is 0.702. The molecule has 2 aromatic carbocycles. The van der Waals surface area contributed by atoms with Crippen LogP contribution in [0.3, 0.4) is 0 Å². The average Bonchev–Trinajstić information content (AvgIpc) is 3.03. The Bertz CT molecular complexity index is 1170. The molecule has 0 bridgehead atoms. The van der Waals surface area contributed by atoms with Gasteiger partial charge in [0.2, 0.25) is 0 Å². The maximum absolute atomic E-state index is 12.9. The van der Waals surface area contributed by atoms with Gasteiger partial charge in [0.05, 0.1) is 16.3 Å². The fourth-order valence-electron chi connectivity index (χ4n) is 3.82. The zero-order valence-electron chi connectivity index (χ0n) is 16.4. The first-order valence-corrected chi connectivity index (χ1v) is 11.2. The van der Waals surface area contributed by atoms with E-state index in [2.05, 4.69) is 22.5 Å². The number of rotatable bonds is 5. The molecule has 1 amide bonds. The number of aromatic nitrogens is 2. The lowest BCUT2D eigenvalue weighted by Gasteiger charge is -2.18. The Hall–Kier alpha value is -2.93. The van der Waals surface area contributed by atoms with Crippen LogP contribution in [-0.4, -0.2) is 30.1 Å². The number of sulfone groups is 1. The van der Waals surface area contributed by atoms with Crippen molar-refractivity contribution in [2.75, 3.05) is 0 Å². The van der Waals surface area contributed by atoms with E-state index >= 15 is 0 Å². The van der Waals surface area contributed by atoms with Crippen LogP contribution >= 0.6 is 0 Å². The second kappa shape index (κ2) is 7.48. The van der Waals surface area contributed by atoms with Gasteiger partial charge >= 0.3 is 0 Å².